The first-order valence-electron chi connectivity index (χ1n) is 30.9. The van der Waals surface area contributed by atoms with Crippen LogP contribution in [0.3, 0.4) is 0 Å². The van der Waals surface area contributed by atoms with Gasteiger partial charge in [-0.3, -0.25) is 4.79 Å². The Hall–Kier alpha value is -2.89. The SMILES string of the molecule is CC/C=C\C/C=C\C/C=C\C/C=C\C/C=C\C/C=C\C/C=C\C/C=C\CCCCCCC(=O)NC(COC1OC(CO)C(O)C(O)C1O)C(O)CCCCCCCCCCCCCCCCCCCCCCCCC. The van der Waals surface area contributed by atoms with Crippen molar-refractivity contribution in [2.45, 2.75) is 301 Å². The second-order valence-corrected chi connectivity index (χ2v) is 21.1. The molecule has 0 spiro atoms. The summed E-state index contributed by atoms with van der Waals surface area (Å²) in [7, 11) is 0. The van der Waals surface area contributed by atoms with E-state index >= 15 is 0 Å². The number of amides is 1. The summed E-state index contributed by atoms with van der Waals surface area (Å²) in [6.45, 7) is 3.73. The van der Waals surface area contributed by atoms with E-state index < -0.39 is 49.5 Å². The number of nitrogens with one attached hydrogen (secondary N) is 1. The fourth-order valence-electron chi connectivity index (χ4n) is 9.35. The average Bonchev–Trinajstić information content (AvgIpc) is 3.41. The molecule has 1 fully saturated rings. The van der Waals surface area contributed by atoms with Crippen LogP contribution < -0.4 is 5.32 Å². The van der Waals surface area contributed by atoms with Gasteiger partial charge in [0.1, 0.15) is 24.4 Å². The standard InChI is InChI=1S/C66H115NO8/c1-3-5-7-9-11-13-15-17-19-21-23-25-27-28-29-30-31-32-34-36-38-40-42-44-46-48-50-52-54-56-62(70)67-59(58-74-66-65(73)64(72)63(71)61(57-68)75-66)60(69)55-53-51-49-47-45-43-41-39-37-35-33-26-24-22-20-18-16-14-12-10-8-6-4-2/h5,7,11,13,17,19,23,25,28-29,31-32,36,38,42,44,59-61,63-66,68-69,71-73H,3-4,6,8-10,12,14-16,18,20-22,24,26-27,30,33-35,37,39-41,43,45-58H2,1-2H3,(H,67,70)/b7-5-,13-11-,19-17-,25-23-,29-28-,32-31-,38-36-,44-42-. The highest BCUT2D eigenvalue weighted by Gasteiger charge is 2.44. The van der Waals surface area contributed by atoms with E-state index in [2.05, 4.69) is 116 Å². The summed E-state index contributed by atoms with van der Waals surface area (Å²) in [6, 6.07) is -0.741. The Bertz CT molecular complexity index is 1500. The van der Waals surface area contributed by atoms with Crippen LogP contribution in [0.25, 0.3) is 0 Å². The zero-order valence-electron chi connectivity index (χ0n) is 48.0. The van der Waals surface area contributed by atoms with E-state index in [-0.39, 0.29) is 12.5 Å². The van der Waals surface area contributed by atoms with E-state index in [1.807, 2.05) is 0 Å². The smallest absolute Gasteiger partial charge is 0.220 e. The van der Waals surface area contributed by atoms with Crippen molar-refractivity contribution >= 4 is 5.91 Å². The van der Waals surface area contributed by atoms with Gasteiger partial charge in [0.2, 0.25) is 5.91 Å². The van der Waals surface area contributed by atoms with Gasteiger partial charge in [-0.05, 0) is 77.0 Å². The molecule has 7 atom stereocenters. The first-order valence-corrected chi connectivity index (χ1v) is 30.9. The van der Waals surface area contributed by atoms with E-state index in [0.717, 1.165) is 103 Å². The Balaban J connectivity index is 2.23. The van der Waals surface area contributed by atoms with Crippen LogP contribution in [0.2, 0.25) is 0 Å². The van der Waals surface area contributed by atoms with E-state index in [4.69, 9.17) is 9.47 Å². The lowest BCUT2D eigenvalue weighted by Gasteiger charge is -2.40. The van der Waals surface area contributed by atoms with E-state index in [1.54, 1.807) is 0 Å². The first kappa shape index (κ1) is 70.1. The predicted octanol–water partition coefficient (Wildman–Crippen LogP) is 16.0. The molecule has 0 saturated carbocycles. The first-order chi connectivity index (χ1) is 36.8. The molecule has 9 heteroatoms. The lowest BCUT2D eigenvalue weighted by molar-refractivity contribution is -0.302. The highest BCUT2D eigenvalue weighted by atomic mass is 16.7. The van der Waals surface area contributed by atoms with Crippen LogP contribution in [-0.2, 0) is 14.3 Å². The lowest BCUT2D eigenvalue weighted by Crippen LogP contribution is -2.60. The van der Waals surface area contributed by atoms with Gasteiger partial charge in [0.05, 0.1) is 25.4 Å². The van der Waals surface area contributed by atoms with Gasteiger partial charge in [-0.25, -0.2) is 0 Å². The second kappa shape index (κ2) is 54.5. The molecule has 0 aromatic carbocycles. The van der Waals surface area contributed by atoms with Gasteiger partial charge in [-0.15, -0.1) is 0 Å². The number of rotatable bonds is 52. The molecule has 0 aromatic heterocycles. The minimum atomic E-state index is -1.57. The maximum Gasteiger partial charge on any atom is 0.220 e. The minimum Gasteiger partial charge on any atom is -0.394 e. The minimum absolute atomic E-state index is 0.154. The summed E-state index contributed by atoms with van der Waals surface area (Å²) in [4.78, 5) is 13.1. The van der Waals surface area contributed by atoms with Gasteiger partial charge < -0.3 is 40.3 Å². The fraction of sp³-hybridized carbons (Fsp3) is 0.742. The van der Waals surface area contributed by atoms with Crippen LogP contribution in [0, 0.1) is 0 Å². The summed E-state index contributed by atoms with van der Waals surface area (Å²) >= 11 is 0. The van der Waals surface area contributed by atoms with Crippen LogP contribution in [-0.4, -0.2) is 87.5 Å². The summed E-state index contributed by atoms with van der Waals surface area (Å²) in [5.74, 6) is -0.170. The third-order valence-corrected chi connectivity index (χ3v) is 14.2. The number of hydrogen-bond acceptors (Lipinski definition) is 8. The van der Waals surface area contributed by atoms with Crippen molar-refractivity contribution in [3.8, 4) is 0 Å². The van der Waals surface area contributed by atoms with Crippen molar-refractivity contribution < 1.29 is 39.8 Å². The molecular formula is C66H115NO8. The number of allylic oxidation sites excluding steroid dienone is 16. The predicted molar refractivity (Wildman–Crippen MR) is 318 cm³/mol. The largest absolute Gasteiger partial charge is 0.394 e. The van der Waals surface area contributed by atoms with Crippen molar-refractivity contribution in [2.24, 2.45) is 0 Å². The van der Waals surface area contributed by atoms with Gasteiger partial charge in [0.15, 0.2) is 6.29 Å². The summed E-state index contributed by atoms with van der Waals surface area (Å²) in [6.07, 6.45) is 71.5. The Morgan fingerprint density at radius 3 is 1.23 bits per heavy atom. The van der Waals surface area contributed by atoms with Crippen LogP contribution in [0.1, 0.15) is 258 Å². The lowest BCUT2D eigenvalue weighted by atomic mass is 9.99. The molecule has 1 heterocycles. The highest BCUT2D eigenvalue weighted by Crippen LogP contribution is 2.23. The molecule has 0 aliphatic carbocycles. The van der Waals surface area contributed by atoms with Crippen molar-refractivity contribution in [1.29, 1.82) is 0 Å². The van der Waals surface area contributed by atoms with Crippen LogP contribution in [0.15, 0.2) is 97.2 Å². The van der Waals surface area contributed by atoms with Gasteiger partial charge in [-0.2, -0.15) is 0 Å². The average molecular weight is 1050 g/mol. The Labute approximate surface area is 460 Å². The number of carbonyl (C=O) groups excluding carboxylic acids is 1. The van der Waals surface area contributed by atoms with Gasteiger partial charge in [-0.1, -0.05) is 272 Å². The quantitative estimate of drug-likeness (QED) is 0.0261. The van der Waals surface area contributed by atoms with Crippen molar-refractivity contribution in [1.82, 2.24) is 5.32 Å². The zero-order chi connectivity index (χ0) is 54.3. The molecule has 0 aromatic rings. The second-order valence-electron chi connectivity index (χ2n) is 21.1. The van der Waals surface area contributed by atoms with Crippen molar-refractivity contribution in [3.05, 3.63) is 97.2 Å². The molecule has 1 amide bonds. The highest BCUT2D eigenvalue weighted by molar-refractivity contribution is 5.76. The van der Waals surface area contributed by atoms with Gasteiger partial charge in [0.25, 0.3) is 0 Å². The Morgan fingerprint density at radius 1 is 0.467 bits per heavy atom. The fourth-order valence-corrected chi connectivity index (χ4v) is 9.35. The molecule has 1 aliphatic rings. The molecule has 9 nitrogen and oxygen atoms in total. The summed E-state index contributed by atoms with van der Waals surface area (Å²) in [5, 5.41) is 54.8. The van der Waals surface area contributed by atoms with Crippen LogP contribution >= 0.6 is 0 Å². The molecule has 432 valence electrons. The maximum atomic E-state index is 13.1. The summed E-state index contributed by atoms with van der Waals surface area (Å²) in [5.41, 5.74) is 0. The number of ether oxygens (including phenoxy) is 2. The number of unbranched alkanes of at least 4 members (excludes halogenated alkanes) is 26. The number of carbonyl (C=O) groups is 1. The summed E-state index contributed by atoms with van der Waals surface area (Å²) < 4.78 is 11.3. The van der Waals surface area contributed by atoms with Gasteiger partial charge >= 0.3 is 0 Å². The molecule has 1 rings (SSSR count). The maximum absolute atomic E-state index is 13.1. The number of aliphatic hydroxyl groups is 5. The van der Waals surface area contributed by atoms with Crippen molar-refractivity contribution in [2.75, 3.05) is 13.2 Å². The van der Waals surface area contributed by atoms with Gasteiger partial charge in [0, 0.05) is 6.42 Å². The molecule has 1 saturated heterocycles. The molecule has 75 heavy (non-hydrogen) atoms. The number of aliphatic hydroxyl groups excluding tert-OH is 5. The van der Waals surface area contributed by atoms with E-state index in [9.17, 15) is 30.3 Å². The van der Waals surface area contributed by atoms with Crippen LogP contribution in [0.5, 0.6) is 0 Å². The monoisotopic (exact) mass is 1050 g/mol. The topological polar surface area (TPSA) is 149 Å². The third-order valence-electron chi connectivity index (χ3n) is 14.2. The third kappa shape index (κ3) is 43.7. The van der Waals surface area contributed by atoms with E-state index in [1.165, 1.54) is 128 Å². The molecule has 1 aliphatic heterocycles. The zero-order valence-corrected chi connectivity index (χ0v) is 48.0. The van der Waals surface area contributed by atoms with Crippen LogP contribution in [0.4, 0.5) is 0 Å². The molecule has 0 bridgehead atoms. The number of hydrogen-bond donors (Lipinski definition) is 6. The van der Waals surface area contributed by atoms with E-state index in [0.29, 0.717) is 12.8 Å². The molecule has 7 unspecified atom stereocenters. The molecular weight excluding hydrogens is 935 g/mol. The normalized spacial score (nSPS) is 19.6. The van der Waals surface area contributed by atoms with Crippen molar-refractivity contribution in [3.63, 3.8) is 0 Å². The Morgan fingerprint density at radius 2 is 0.827 bits per heavy atom. The molecule has 0 radical (unpaired) electrons. The Kier molecular flexibility index (Phi) is 50.9. The molecule has 6 N–H and O–H groups in total.